The Hall–Kier alpha value is -3.10. The summed E-state index contributed by atoms with van der Waals surface area (Å²) >= 11 is 6.55. The third-order valence-corrected chi connectivity index (χ3v) is 5.85. The number of ether oxygens (including phenoxy) is 2. The number of aromatic nitrogens is 1. The molecule has 1 fully saturated rings. The van der Waals surface area contributed by atoms with Crippen LogP contribution < -0.4 is 10.6 Å². The zero-order chi connectivity index (χ0) is 21.4. The molecule has 1 spiro atoms. The van der Waals surface area contributed by atoms with Crippen LogP contribution >= 0.6 is 11.6 Å². The average molecular weight is 442 g/mol. The molecule has 160 valence electrons. The van der Waals surface area contributed by atoms with E-state index in [9.17, 15) is 9.59 Å². The summed E-state index contributed by atoms with van der Waals surface area (Å²) in [5.74, 6) is -2.44. The number of carbonyl (C=O) groups is 2. The molecule has 0 unspecified atom stereocenters. The predicted octanol–water partition coefficient (Wildman–Crippen LogP) is 3.27. The van der Waals surface area contributed by atoms with Crippen molar-refractivity contribution in [3.8, 4) is 0 Å². The van der Waals surface area contributed by atoms with Crippen LogP contribution in [-0.2, 0) is 37.8 Å². The summed E-state index contributed by atoms with van der Waals surface area (Å²) in [6, 6.07) is 9.27. The van der Waals surface area contributed by atoms with Crippen molar-refractivity contribution in [2.24, 2.45) is 0 Å². The van der Waals surface area contributed by atoms with Gasteiger partial charge >= 0.3 is 11.9 Å². The number of oxazole rings is 1. The van der Waals surface area contributed by atoms with Gasteiger partial charge in [-0.05, 0) is 48.4 Å². The Balaban J connectivity index is 1.51. The molecule has 8 nitrogen and oxygen atoms in total. The Labute approximate surface area is 182 Å². The summed E-state index contributed by atoms with van der Waals surface area (Å²) in [6.07, 6.45) is 2.03. The number of hydrogen-bond acceptors (Lipinski definition) is 8. The minimum absolute atomic E-state index is 0.00126. The topological polar surface area (TPSA) is 103 Å². The number of anilines is 1. The zero-order valence-corrected chi connectivity index (χ0v) is 17.3. The van der Waals surface area contributed by atoms with Crippen molar-refractivity contribution in [3.05, 3.63) is 58.4 Å². The summed E-state index contributed by atoms with van der Waals surface area (Å²) in [6.45, 7) is 1.29. The number of nitrogens with zero attached hydrogens (tertiary/aromatic N) is 1. The number of esters is 2. The average Bonchev–Trinajstić information content (AvgIpc) is 3.08. The van der Waals surface area contributed by atoms with E-state index in [4.69, 9.17) is 25.5 Å². The molecule has 2 N–H and O–H groups in total. The van der Waals surface area contributed by atoms with E-state index in [1.165, 1.54) is 6.39 Å². The van der Waals surface area contributed by atoms with Crippen LogP contribution in [0.1, 0.15) is 29.5 Å². The van der Waals surface area contributed by atoms with Gasteiger partial charge < -0.3 is 24.5 Å². The Kier molecular flexibility index (Phi) is 5.03. The van der Waals surface area contributed by atoms with E-state index in [1.807, 2.05) is 18.2 Å². The van der Waals surface area contributed by atoms with E-state index in [0.717, 1.165) is 22.3 Å². The maximum absolute atomic E-state index is 12.2. The third-order valence-electron chi connectivity index (χ3n) is 5.54. The second-order valence-electron chi connectivity index (χ2n) is 7.58. The molecule has 3 heterocycles. The van der Waals surface area contributed by atoms with Crippen molar-refractivity contribution in [1.29, 1.82) is 0 Å². The molecule has 0 aliphatic carbocycles. The van der Waals surface area contributed by atoms with Gasteiger partial charge in [-0.15, -0.1) is 0 Å². The van der Waals surface area contributed by atoms with Gasteiger partial charge in [0.15, 0.2) is 12.0 Å². The highest BCUT2D eigenvalue weighted by molar-refractivity contribution is 6.33. The van der Waals surface area contributed by atoms with Gasteiger partial charge in [0.25, 0.3) is 5.79 Å². The first-order valence-electron chi connectivity index (χ1n) is 10.1. The van der Waals surface area contributed by atoms with Crippen LogP contribution in [0, 0.1) is 0 Å². The smallest absolute Gasteiger partial charge is 0.309 e. The monoisotopic (exact) mass is 441 g/mol. The highest BCUT2D eigenvalue weighted by Crippen LogP contribution is 2.40. The Morgan fingerprint density at radius 1 is 1.10 bits per heavy atom. The Bertz CT molecular complexity index is 1160. The molecule has 0 amide bonds. The van der Waals surface area contributed by atoms with Crippen LogP contribution in [0.15, 0.2) is 41.1 Å². The van der Waals surface area contributed by atoms with Gasteiger partial charge in [-0.1, -0.05) is 17.7 Å². The van der Waals surface area contributed by atoms with Crippen molar-refractivity contribution in [3.63, 3.8) is 0 Å². The number of rotatable bonds is 3. The molecular formula is C22H20ClN3O5. The number of hydrogen-bond donors (Lipinski definition) is 2. The van der Waals surface area contributed by atoms with Gasteiger partial charge in [-0.2, -0.15) is 0 Å². The molecule has 0 bridgehead atoms. The van der Waals surface area contributed by atoms with E-state index in [-0.39, 0.29) is 19.4 Å². The fraction of sp³-hybridized carbons (Fsp3) is 0.318. The van der Waals surface area contributed by atoms with Crippen molar-refractivity contribution < 1.29 is 23.5 Å². The minimum Gasteiger partial charge on any atom is -0.443 e. The summed E-state index contributed by atoms with van der Waals surface area (Å²) in [7, 11) is 0. The predicted molar refractivity (Wildman–Crippen MR) is 112 cm³/mol. The van der Waals surface area contributed by atoms with E-state index in [2.05, 4.69) is 15.6 Å². The normalized spacial score (nSPS) is 18.1. The summed E-state index contributed by atoms with van der Waals surface area (Å²) < 4.78 is 16.7. The summed E-state index contributed by atoms with van der Waals surface area (Å²) in [5.41, 5.74) is 4.68. The maximum atomic E-state index is 12.2. The lowest BCUT2D eigenvalue weighted by atomic mass is 9.96. The molecule has 2 aromatic carbocycles. The fourth-order valence-corrected chi connectivity index (χ4v) is 4.31. The molecule has 0 saturated carbocycles. The highest BCUT2D eigenvalue weighted by atomic mass is 35.5. The summed E-state index contributed by atoms with van der Waals surface area (Å²) in [4.78, 5) is 28.6. The fourth-order valence-electron chi connectivity index (χ4n) is 4.07. The quantitative estimate of drug-likeness (QED) is 0.597. The van der Waals surface area contributed by atoms with Crippen LogP contribution in [0.25, 0.3) is 11.1 Å². The van der Waals surface area contributed by atoms with E-state index >= 15 is 0 Å². The third kappa shape index (κ3) is 3.73. The number of benzene rings is 2. The number of halogens is 1. The van der Waals surface area contributed by atoms with Crippen LogP contribution in [-0.4, -0.2) is 30.0 Å². The molecule has 0 radical (unpaired) electrons. The maximum Gasteiger partial charge on any atom is 0.309 e. The van der Waals surface area contributed by atoms with Crippen LogP contribution in [0.3, 0.4) is 0 Å². The lowest BCUT2D eigenvalue weighted by Crippen LogP contribution is -2.43. The van der Waals surface area contributed by atoms with Gasteiger partial charge in [0.05, 0.1) is 30.1 Å². The standard InChI is InChI=1S/C22H20ClN3O5/c23-16-3-2-15-14(7-8-24-11-22(15)30-19(27)5-6-20(28)31-22)21(16)25-10-13-1-4-17-18(9-13)29-12-26-17/h1-4,9,12,24-25H,5-8,10-11H2. The Morgan fingerprint density at radius 2 is 1.90 bits per heavy atom. The zero-order valence-electron chi connectivity index (χ0n) is 16.6. The molecule has 1 saturated heterocycles. The highest BCUT2D eigenvalue weighted by Gasteiger charge is 2.45. The van der Waals surface area contributed by atoms with Crippen LogP contribution in [0.2, 0.25) is 5.02 Å². The molecule has 5 rings (SSSR count). The molecular weight excluding hydrogens is 422 g/mol. The van der Waals surface area contributed by atoms with Crippen LogP contribution in [0.5, 0.6) is 0 Å². The minimum atomic E-state index is -1.50. The van der Waals surface area contributed by atoms with Gasteiger partial charge in [0, 0.05) is 12.1 Å². The SMILES string of the molecule is O=C1CCC(=O)OC2(CNCCc3c2ccc(Cl)c3NCc2ccc3ncoc3c2)O1. The molecule has 2 aliphatic heterocycles. The second-order valence-corrected chi connectivity index (χ2v) is 7.99. The van der Waals surface area contributed by atoms with Crippen molar-refractivity contribution >= 4 is 40.3 Å². The van der Waals surface area contributed by atoms with Gasteiger partial charge in [0.1, 0.15) is 5.52 Å². The van der Waals surface area contributed by atoms with Crippen molar-refractivity contribution in [2.75, 3.05) is 18.4 Å². The first-order chi connectivity index (χ1) is 15.0. The molecule has 2 aliphatic rings. The molecule has 31 heavy (non-hydrogen) atoms. The van der Waals surface area contributed by atoms with Gasteiger partial charge in [-0.3, -0.25) is 9.59 Å². The van der Waals surface area contributed by atoms with Gasteiger partial charge in [0.2, 0.25) is 0 Å². The first kappa shape index (κ1) is 19.8. The van der Waals surface area contributed by atoms with Gasteiger partial charge in [-0.25, -0.2) is 4.98 Å². The second kappa shape index (κ2) is 7.86. The molecule has 0 atom stereocenters. The molecule has 3 aromatic rings. The first-order valence-corrected chi connectivity index (χ1v) is 10.4. The lowest BCUT2D eigenvalue weighted by Gasteiger charge is -2.32. The van der Waals surface area contributed by atoms with Crippen molar-refractivity contribution in [1.82, 2.24) is 10.3 Å². The van der Waals surface area contributed by atoms with E-state index < -0.39 is 17.7 Å². The molecule has 1 aromatic heterocycles. The lowest BCUT2D eigenvalue weighted by molar-refractivity contribution is -0.225. The van der Waals surface area contributed by atoms with E-state index in [0.29, 0.717) is 35.7 Å². The largest absolute Gasteiger partial charge is 0.443 e. The van der Waals surface area contributed by atoms with Crippen LogP contribution in [0.4, 0.5) is 5.69 Å². The van der Waals surface area contributed by atoms with Crippen molar-refractivity contribution in [2.45, 2.75) is 31.6 Å². The van der Waals surface area contributed by atoms with E-state index in [1.54, 1.807) is 12.1 Å². The number of carbonyl (C=O) groups excluding carboxylic acids is 2. The summed E-state index contributed by atoms with van der Waals surface area (Å²) in [5, 5.41) is 7.15. The number of fused-ring (bicyclic) bond motifs is 3. The Morgan fingerprint density at radius 3 is 2.71 bits per heavy atom. The number of nitrogens with one attached hydrogen (secondary N) is 2. The molecule has 9 heteroatoms.